The molecular formula is C19H28N2O2. The maximum absolute atomic E-state index is 12.3. The first-order chi connectivity index (χ1) is 11.2. The van der Waals surface area contributed by atoms with Gasteiger partial charge in [-0.2, -0.15) is 0 Å². The molecule has 1 amide bonds. The molecule has 2 aliphatic rings. The van der Waals surface area contributed by atoms with Gasteiger partial charge in [-0.25, -0.2) is 0 Å². The number of para-hydroxylation sites is 1. The molecule has 1 aliphatic carbocycles. The van der Waals surface area contributed by atoms with E-state index in [1.54, 1.807) is 0 Å². The van der Waals surface area contributed by atoms with Gasteiger partial charge in [0.25, 0.3) is 0 Å². The second-order valence-corrected chi connectivity index (χ2v) is 6.73. The molecule has 0 spiro atoms. The highest BCUT2D eigenvalue weighted by atomic mass is 16.5. The Labute approximate surface area is 139 Å². The number of rotatable bonds is 4. The molecule has 2 fully saturated rings. The number of ether oxygens (including phenoxy) is 1. The monoisotopic (exact) mass is 316 g/mol. The summed E-state index contributed by atoms with van der Waals surface area (Å²) >= 11 is 0. The van der Waals surface area contributed by atoms with E-state index in [1.807, 2.05) is 4.90 Å². The molecule has 1 heterocycles. The summed E-state index contributed by atoms with van der Waals surface area (Å²) in [5, 5.41) is 0. The summed E-state index contributed by atoms with van der Waals surface area (Å²) in [6.07, 6.45) is 6.35. The first-order valence-corrected chi connectivity index (χ1v) is 8.94. The number of carbonyl (C=O) groups is 1. The Bertz CT molecular complexity index is 518. The summed E-state index contributed by atoms with van der Waals surface area (Å²) in [7, 11) is 0. The number of nitrogens with zero attached hydrogens (tertiary/aromatic N) is 2. The highest BCUT2D eigenvalue weighted by Crippen LogP contribution is 2.22. The third-order valence-corrected chi connectivity index (χ3v) is 5.08. The molecule has 1 aliphatic heterocycles. The van der Waals surface area contributed by atoms with Crippen LogP contribution in [0.15, 0.2) is 24.3 Å². The Balaban J connectivity index is 1.45. The Kier molecular flexibility index (Phi) is 5.55. The zero-order valence-corrected chi connectivity index (χ0v) is 14.2. The predicted octanol–water partition coefficient (Wildman–Crippen LogP) is 2.99. The van der Waals surface area contributed by atoms with Crippen LogP contribution in [0.5, 0.6) is 0 Å². The second kappa shape index (κ2) is 7.82. The van der Waals surface area contributed by atoms with E-state index < -0.39 is 0 Å². The molecule has 1 aromatic carbocycles. The topological polar surface area (TPSA) is 32.8 Å². The molecule has 3 rings (SSSR count). The summed E-state index contributed by atoms with van der Waals surface area (Å²) in [6.45, 7) is 5.79. The Hall–Kier alpha value is -1.55. The quantitative estimate of drug-likeness (QED) is 0.856. The number of hydrogen-bond donors (Lipinski definition) is 0. The molecule has 126 valence electrons. The molecular weight excluding hydrogens is 288 g/mol. The average molecular weight is 316 g/mol. The van der Waals surface area contributed by atoms with Crippen LogP contribution in [-0.4, -0.2) is 49.7 Å². The first-order valence-electron chi connectivity index (χ1n) is 8.94. The minimum Gasteiger partial charge on any atom is -0.368 e. The molecule has 4 nitrogen and oxygen atoms in total. The lowest BCUT2D eigenvalue weighted by molar-refractivity contribution is -0.139. The Morgan fingerprint density at radius 2 is 1.78 bits per heavy atom. The number of hydrogen-bond acceptors (Lipinski definition) is 3. The van der Waals surface area contributed by atoms with Crippen molar-refractivity contribution in [2.24, 2.45) is 0 Å². The molecule has 1 saturated heterocycles. The number of carbonyl (C=O) groups excluding carboxylic acids is 1. The van der Waals surface area contributed by atoms with E-state index in [0.29, 0.717) is 6.10 Å². The van der Waals surface area contributed by atoms with Crippen LogP contribution in [0.2, 0.25) is 0 Å². The lowest BCUT2D eigenvalue weighted by Crippen LogP contribution is -2.50. The third-order valence-electron chi connectivity index (χ3n) is 5.08. The van der Waals surface area contributed by atoms with Crippen molar-refractivity contribution in [3.63, 3.8) is 0 Å². The lowest BCUT2D eigenvalue weighted by atomic mass is 9.98. The number of aryl methyl sites for hydroxylation is 1. The molecule has 0 aromatic heterocycles. The summed E-state index contributed by atoms with van der Waals surface area (Å²) in [5.41, 5.74) is 2.59. The van der Waals surface area contributed by atoms with Gasteiger partial charge in [0.05, 0.1) is 6.10 Å². The van der Waals surface area contributed by atoms with Crippen molar-refractivity contribution in [3.8, 4) is 0 Å². The van der Waals surface area contributed by atoms with Gasteiger partial charge in [-0.3, -0.25) is 4.79 Å². The molecule has 23 heavy (non-hydrogen) atoms. The van der Waals surface area contributed by atoms with Gasteiger partial charge in [0.15, 0.2) is 0 Å². The van der Waals surface area contributed by atoms with Crippen LogP contribution in [0.3, 0.4) is 0 Å². The van der Waals surface area contributed by atoms with Crippen LogP contribution in [0, 0.1) is 6.92 Å². The van der Waals surface area contributed by atoms with Gasteiger partial charge in [-0.05, 0) is 31.4 Å². The van der Waals surface area contributed by atoms with Crippen molar-refractivity contribution in [1.29, 1.82) is 0 Å². The van der Waals surface area contributed by atoms with Crippen LogP contribution in [0.4, 0.5) is 5.69 Å². The highest BCUT2D eigenvalue weighted by Gasteiger charge is 2.23. The van der Waals surface area contributed by atoms with Gasteiger partial charge in [-0.15, -0.1) is 0 Å². The molecule has 0 atom stereocenters. The predicted molar refractivity (Wildman–Crippen MR) is 92.8 cm³/mol. The van der Waals surface area contributed by atoms with Gasteiger partial charge < -0.3 is 14.5 Å². The fourth-order valence-corrected chi connectivity index (χ4v) is 3.63. The van der Waals surface area contributed by atoms with Crippen LogP contribution >= 0.6 is 0 Å². The molecule has 0 radical (unpaired) electrons. The van der Waals surface area contributed by atoms with Crippen molar-refractivity contribution < 1.29 is 9.53 Å². The largest absolute Gasteiger partial charge is 0.368 e. The van der Waals surface area contributed by atoms with E-state index in [2.05, 4.69) is 36.1 Å². The van der Waals surface area contributed by atoms with E-state index in [1.165, 1.54) is 30.5 Å². The summed E-state index contributed by atoms with van der Waals surface area (Å²) in [5.74, 6) is 0.153. The number of anilines is 1. The minimum atomic E-state index is 0.153. The van der Waals surface area contributed by atoms with E-state index in [9.17, 15) is 4.79 Å². The van der Waals surface area contributed by atoms with E-state index >= 15 is 0 Å². The minimum absolute atomic E-state index is 0.153. The zero-order chi connectivity index (χ0) is 16.1. The zero-order valence-electron chi connectivity index (χ0n) is 14.2. The molecule has 0 bridgehead atoms. The van der Waals surface area contributed by atoms with Crippen molar-refractivity contribution in [2.45, 2.75) is 45.1 Å². The molecule has 0 N–H and O–H groups in total. The Morgan fingerprint density at radius 3 is 2.48 bits per heavy atom. The normalized spacial score (nSPS) is 19.9. The van der Waals surface area contributed by atoms with E-state index in [4.69, 9.17) is 4.74 Å². The molecule has 1 saturated carbocycles. The maximum atomic E-state index is 12.3. The summed E-state index contributed by atoms with van der Waals surface area (Å²) in [4.78, 5) is 16.7. The SMILES string of the molecule is Cc1ccccc1N1CCN(C(=O)COC2CCCCC2)CC1. The molecule has 1 aromatic rings. The highest BCUT2D eigenvalue weighted by molar-refractivity contribution is 5.77. The van der Waals surface area contributed by atoms with Crippen molar-refractivity contribution >= 4 is 11.6 Å². The van der Waals surface area contributed by atoms with Crippen molar-refractivity contribution in [1.82, 2.24) is 4.90 Å². The van der Waals surface area contributed by atoms with Gasteiger partial charge >= 0.3 is 0 Å². The summed E-state index contributed by atoms with van der Waals surface area (Å²) < 4.78 is 5.82. The van der Waals surface area contributed by atoms with Gasteiger partial charge in [0, 0.05) is 31.9 Å². The average Bonchev–Trinajstić information content (AvgIpc) is 2.61. The van der Waals surface area contributed by atoms with Gasteiger partial charge in [0.1, 0.15) is 6.61 Å². The third kappa shape index (κ3) is 4.25. The van der Waals surface area contributed by atoms with Crippen LogP contribution in [-0.2, 0) is 9.53 Å². The molecule has 4 heteroatoms. The van der Waals surface area contributed by atoms with E-state index in [0.717, 1.165) is 39.0 Å². The lowest BCUT2D eigenvalue weighted by Gasteiger charge is -2.37. The van der Waals surface area contributed by atoms with Gasteiger partial charge in [0.2, 0.25) is 5.91 Å². The Morgan fingerprint density at radius 1 is 1.09 bits per heavy atom. The number of benzene rings is 1. The smallest absolute Gasteiger partial charge is 0.248 e. The fourth-order valence-electron chi connectivity index (χ4n) is 3.63. The standard InChI is InChI=1S/C19H28N2O2/c1-16-7-5-6-10-18(16)20-11-13-21(14-12-20)19(22)15-23-17-8-3-2-4-9-17/h5-7,10,17H,2-4,8-9,11-15H2,1H3. The number of amides is 1. The fraction of sp³-hybridized carbons (Fsp3) is 0.632. The van der Waals surface area contributed by atoms with Crippen LogP contribution in [0.25, 0.3) is 0 Å². The van der Waals surface area contributed by atoms with Crippen molar-refractivity contribution in [2.75, 3.05) is 37.7 Å². The van der Waals surface area contributed by atoms with E-state index in [-0.39, 0.29) is 12.5 Å². The van der Waals surface area contributed by atoms with Crippen LogP contribution in [0.1, 0.15) is 37.7 Å². The maximum Gasteiger partial charge on any atom is 0.248 e. The second-order valence-electron chi connectivity index (χ2n) is 6.73. The van der Waals surface area contributed by atoms with Crippen LogP contribution < -0.4 is 4.90 Å². The summed E-state index contributed by atoms with van der Waals surface area (Å²) in [6, 6.07) is 8.46. The van der Waals surface area contributed by atoms with Gasteiger partial charge in [-0.1, -0.05) is 37.5 Å². The molecule has 0 unspecified atom stereocenters. The first kappa shape index (κ1) is 16.3. The van der Waals surface area contributed by atoms with Crippen molar-refractivity contribution in [3.05, 3.63) is 29.8 Å². The number of piperazine rings is 1.